The summed E-state index contributed by atoms with van der Waals surface area (Å²) in [5, 5.41) is 8.42. The summed E-state index contributed by atoms with van der Waals surface area (Å²) in [4.78, 5) is 8.43. The Kier molecular flexibility index (Phi) is 3.85. The fraction of sp³-hybridized carbons (Fsp3) is 0.105. The lowest BCUT2D eigenvalue weighted by Gasteiger charge is -2.12. The van der Waals surface area contributed by atoms with Gasteiger partial charge >= 0.3 is 0 Å². The van der Waals surface area contributed by atoms with Gasteiger partial charge in [0.1, 0.15) is 18.0 Å². The van der Waals surface area contributed by atoms with Crippen LogP contribution in [0.5, 0.6) is 0 Å². The summed E-state index contributed by atoms with van der Waals surface area (Å²) in [6.07, 6.45) is 3.41. The monoisotopic (exact) mass is 333 g/mol. The van der Waals surface area contributed by atoms with Crippen molar-refractivity contribution < 1.29 is 4.39 Å². The summed E-state index contributed by atoms with van der Waals surface area (Å²) in [6.45, 7) is 2.50. The van der Waals surface area contributed by atoms with Crippen LogP contribution in [0.4, 0.5) is 10.2 Å². The second-order valence-corrected chi connectivity index (χ2v) is 5.77. The van der Waals surface area contributed by atoms with Gasteiger partial charge in [0.25, 0.3) is 0 Å². The molecule has 4 aromatic rings. The van der Waals surface area contributed by atoms with Gasteiger partial charge in [-0.15, -0.1) is 0 Å². The molecule has 0 amide bonds. The SMILES string of the molecule is Cc1ccn(-c2ccccc2CNc2ncnc3ccc(F)cc23)n1. The van der Waals surface area contributed by atoms with Gasteiger partial charge in [-0.2, -0.15) is 5.10 Å². The van der Waals surface area contributed by atoms with Crippen molar-refractivity contribution in [3.05, 3.63) is 78.1 Å². The zero-order chi connectivity index (χ0) is 17.2. The van der Waals surface area contributed by atoms with E-state index in [9.17, 15) is 4.39 Å². The molecule has 1 N–H and O–H groups in total. The van der Waals surface area contributed by atoms with E-state index in [1.165, 1.54) is 18.5 Å². The third kappa shape index (κ3) is 3.06. The minimum Gasteiger partial charge on any atom is -0.365 e. The zero-order valence-electron chi connectivity index (χ0n) is 13.6. The number of nitrogens with one attached hydrogen (secondary N) is 1. The average molecular weight is 333 g/mol. The molecule has 124 valence electrons. The van der Waals surface area contributed by atoms with Crippen LogP contribution in [0, 0.1) is 12.7 Å². The van der Waals surface area contributed by atoms with Gasteiger partial charge in [-0.25, -0.2) is 19.0 Å². The van der Waals surface area contributed by atoms with Gasteiger partial charge in [0.2, 0.25) is 0 Å². The van der Waals surface area contributed by atoms with Crippen LogP contribution in [0.2, 0.25) is 0 Å². The number of hydrogen-bond acceptors (Lipinski definition) is 4. The lowest BCUT2D eigenvalue weighted by molar-refractivity contribution is 0.629. The predicted molar refractivity (Wildman–Crippen MR) is 95.1 cm³/mol. The first-order chi connectivity index (χ1) is 12.2. The van der Waals surface area contributed by atoms with Crippen molar-refractivity contribution in [1.29, 1.82) is 0 Å². The van der Waals surface area contributed by atoms with Crippen molar-refractivity contribution in [2.24, 2.45) is 0 Å². The summed E-state index contributed by atoms with van der Waals surface area (Å²) in [5.41, 5.74) is 3.72. The molecule has 5 nitrogen and oxygen atoms in total. The highest BCUT2D eigenvalue weighted by atomic mass is 19.1. The first-order valence-electron chi connectivity index (χ1n) is 7.95. The summed E-state index contributed by atoms with van der Waals surface area (Å²) < 4.78 is 15.4. The van der Waals surface area contributed by atoms with Crippen molar-refractivity contribution in [2.45, 2.75) is 13.5 Å². The maximum Gasteiger partial charge on any atom is 0.137 e. The van der Waals surface area contributed by atoms with E-state index in [0.29, 0.717) is 23.3 Å². The van der Waals surface area contributed by atoms with Crippen LogP contribution >= 0.6 is 0 Å². The molecule has 0 atom stereocenters. The van der Waals surface area contributed by atoms with Crippen molar-refractivity contribution in [1.82, 2.24) is 19.7 Å². The molecule has 0 saturated carbocycles. The molecule has 0 fully saturated rings. The molecule has 2 aromatic heterocycles. The zero-order valence-corrected chi connectivity index (χ0v) is 13.6. The average Bonchev–Trinajstić information content (AvgIpc) is 3.06. The van der Waals surface area contributed by atoms with Gasteiger partial charge in [0, 0.05) is 18.1 Å². The number of fused-ring (bicyclic) bond motifs is 1. The molecule has 0 saturated heterocycles. The van der Waals surface area contributed by atoms with E-state index in [2.05, 4.69) is 20.4 Å². The van der Waals surface area contributed by atoms with Gasteiger partial charge in [-0.1, -0.05) is 18.2 Å². The van der Waals surface area contributed by atoms with Gasteiger partial charge in [-0.3, -0.25) is 0 Å². The third-order valence-electron chi connectivity index (χ3n) is 4.00. The molecule has 6 heteroatoms. The number of hydrogen-bond donors (Lipinski definition) is 1. The molecule has 0 aliphatic carbocycles. The minimum absolute atomic E-state index is 0.308. The number of halogens is 1. The molecule has 0 radical (unpaired) electrons. The van der Waals surface area contributed by atoms with Crippen LogP contribution < -0.4 is 5.32 Å². The normalized spacial score (nSPS) is 11.0. The number of rotatable bonds is 4. The first-order valence-corrected chi connectivity index (χ1v) is 7.95. The Morgan fingerprint density at radius 3 is 2.80 bits per heavy atom. The summed E-state index contributed by atoms with van der Waals surface area (Å²) in [5.74, 6) is 0.300. The van der Waals surface area contributed by atoms with Gasteiger partial charge in [-0.05, 0) is 42.8 Å². The number of benzene rings is 2. The molecule has 2 aromatic carbocycles. The second-order valence-electron chi connectivity index (χ2n) is 5.77. The Morgan fingerprint density at radius 1 is 1.08 bits per heavy atom. The largest absolute Gasteiger partial charge is 0.365 e. The van der Waals surface area contributed by atoms with Gasteiger partial charge < -0.3 is 5.32 Å². The second kappa shape index (κ2) is 6.32. The minimum atomic E-state index is -0.308. The Hall–Kier alpha value is -3.28. The molecule has 0 aliphatic rings. The number of nitrogens with zero attached hydrogens (tertiary/aromatic N) is 4. The van der Waals surface area contributed by atoms with Gasteiger partial charge in [0.15, 0.2) is 0 Å². The Labute approximate surface area is 144 Å². The first kappa shape index (κ1) is 15.3. The number of aryl methyl sites for hydroxylation is 1. The molecule has 25 heavy (non-hydrogen) atoms. The molecular weight excluding hydrogens is 317 g/mol. The van der Waals surface area contributed by atoms with Crippen molar-refractivity contribution in [3.8, 4) is 5.69 Å². The van der Waals surface area contributed by atoms with Gasteiger partial charge in [0.05, 0.1) is 16.9 Å². The maximum absolute atomic E-state index is 13.6. The maximum atomic E-state index is 13.6. The Bertz CT molecular complexity index is 1040. The molecule has 4 rings (SSSR count). The predicted octanol–water partition coefficient (Wildman–Crippen LogP) is 3.88. The fourth-order valence-corrected chi connectivity index (χ4v) is 2.78. The summed E-state index contributed by atoms with van der Waals surface area (Å²) >= 11 is 0. The Morgan fingerprint density at radius 2 is 1.96 bits per heavy atom. The fourth-order valence-electron chi connectivity index (χ4n) is 2.78. The quantitative estimate of drug-likeness (QED) is 0.616. The molecule has 2 heterocycles. The van der Waals surface area contributed by atoms with Crippen molar-refractivity contribution in [3.63, 3.8) is 0 Å². The van der Waals surface area contributed by atoms with E-state index >= 15 is 0 Å². The smallest absolute Gasteiger partial charge is 0.137 e. The lowest BCUT2D eigenvalue weighted by atomic mass is 10.1. The van der Waals surface area contributed by atoms with E-state index in [0.717, 1.165) is 16.9 Å². The van der Waals surface area contributed by atoms with E-state index in [1.807, 2.05) is 48.1 Å². The van der Waals surface area contributed by atoms with Crippen LogP contribution in [0.1, 0.15) is 11.3 Å². The van der Waals surface area contributed by atoms with Crippen molar-refractivity contribution >= 4 is 16.7 Å². The highest BCUT2D eigenvalue weighted by Crippen LogP contribution is 2.22. The topological polar surface area (TPSA) is 55.6 Å². The number of para-hydroxylation sites is 1. The molecule has 0 unspecified atom stereocenters. The van der Waals surface area contributed by atoms with Crippen molar-refractivity contribution in [2.75, 3.05) is 5.32 Å². The lowest BCUT2D eigenvalue weighted by Crippen LogP contribution is -2.07. The van der Waals surface area contributed by atoms with Crippen LogP contribution in [0.15, 0.2) is 61.1 Å². The highest BCUT2D eigenvalue weighted by molar-refractivity contribution is 5.88. The third-order valence-corrected chi connectivity index (χ3v) is 4.00. The van der Waals surface area contributed by atoms with E-state index in [4.69, 9.17) is 0 Å². The van der Waals surface area contributed by atoms with Crippen LogP contribution in [0.3, 0.4) is 0 Å². The van der Waals surface area contributed by atoms with E-state index in [-0.39, 0.29) is 5.82 Å². The molecule has 0 bridgehead atoms. The summed E-state index contributed by atoms with van der Waals surface area (Å²) in [6, 6.07) is 14.5. The molecule has 0 aliphatic heterocycles. The molecule has 0 spiro atoms. The van der Waals surface area contributed by atoms with Crippen LogP contribution in [-0.2, 0) is 6.54 Å². The Balaban J connectivity index is 1.66. The summed E-state index contributed by atoms with van der Waals surface area (Å²) in [7, 11) is 0. The number of anilines is 1. The van der Waals surface area contributed by atoms with E-state index < -0.39 is 0 Å². The van der Waals surface area contributed by atoms with E-state index in [1.54, 1.807) is 6.07 Å². The van der Waals surface area contributed by atoms with Crippen LogP contribution in [-0.4, -0.2) is 19.7 Å². The number of aromatic nitrogens is 4. The highest BCUT2D eigenvalue weighted by Gasteiger charge is 2.08. The van der Waals surface area contributed by atoms with Crippen LogP contribution in [0.25, 0.3) is 16.6 Å². The standard InChI is InChI=1S/C19H16FN5/c1-13-8-9-25(24-13)18-5-3-2-4-14(18)11-21-19-16-10-15(20)6-7-17(16)22-12-23-19/h2-10,12H,11H2,1H3,(H,21,22,23). The molecular formula is C19H16FN5.